The summed E-state index contributed by atoms with van der Waals surface area (Å²) in [4.78, 5) is 28.3. The third-order valence-electron chi connectivity index (χ3n) is 4.47. The van der Waals surface area contributed by atoms with Crippen molar-refractivity contribution in [3.05, 3.63) is 86.4 Å². The van der Waals surface area contributed by atoms with E-state index in [4.69, 9.17) is 27.9 Å². The zero-order valence-corrected chi connectivity index (χ0v) is 23.8. The van der Waals surface area contributed by atoms with Gasteiger partial charge in [0.1, 0.15) is 33.1 Å². The van der Waals surface area contributed by atoms with Crippen molar-refractivity contribution in [2.45, 2.75) is 18.2 Å². The first-order valence-electron chi connectivity index (χ1n) is 10.8. The molecule has 0 fully saturated rings. The third-order valence-corrected chi connectivity index (χ3v) is 6.81. The molecule has 192 valence electrons. The van der Waals surface area contributed by atoms with Gasteiger partial charge in [0.25, 0.3) is 0 Å². The summed E-state index contributed by atoms with van der Waals surface area (Å²) in [5.74, 6) is -0.624. The van der Waals surface area contributed by atoms with Crippen LogP contribution in [0.3, 0.4) is 0 Å². The van der Waals surface area contributed by atoms with E-state index in [2.05, 4.69) is 42.5 Å². The first-order chi connectivity index (χ1) is 17.8. The molecule has 12 heteroatoms. The standard InChI is InChI=1S/C15H14ClFN2O2S.C10H5ClFIN2/c1-2-21-13(20)7-9-22-11-5-6-12(16)19-15(11)14-10(17)4-3-8-18-14;11-8-4-3-7(13)10(15-8)9-6(12)2-1-5-14-9/h3-6,8H,2,7,9H2,1H3;1-5H. The van der Waals surface area contributed by atoms with E-state index in [0.29, 0.717) is 33.8 Å². The van der Waals surface area contributed by atoms with E-state index in [-0.39, 0.29) is 28.9 Å². The van der Waals surface area contributed by atoms with Crippen LogP contribution in [0, 0.1) is 15.2 Å². The van der Waals surface area contributed by atoms with Crippen molar-refractivity contribution in [2.24, 2.45) is 0 Å². The van der Waals surface area contributed by atoms with Crippen LogP contribution in [-0.4, -0.2) is 38.3 Å². The number of pyridine rings is 4. The molecule has 0 spiro atoms. The van der Waals surface area contributed by atoms with Crippen LogP contribution < -0.4 is 0 Å². The number of aromatic nitrogens is 4. The minimum absolute atomic E-state index is 0.142. The molecule has 0 amide bonds. The molecule has 0 unspecified atom stereocenters. The number of ether oxygens (including phenoxy) is 1. The highest BCUT2D eigenvalue weighted by Crippen LogP contribution is 2.32. The third kappa shape index (κ3) is 8.56. The number of rotatable bonds is 7. The Morgan fingerprint density at radius 1 is 0.892 bits per heavy atom. The van der Waals surface area contributed by atoms with E-state index in [9.17, 15) is 13.6 Å². The number of halogens is 5. The van der Waals surface area contributed by atoms with Crippen LogP contribution in [0.25, 0.3) is 22.8 Å². The minimum Gasteiger partial charge on any atom is -0.466 e. The van der Waals surface area contributed by atoms with Gasteiger partial charge in [-0.05, 0) is 78.0 Å². The number of hydrogen-bond donors (Lipinski definition) is 0. The van der Waals surface area contributed by atoms with E-state index in [1.165, 1.54) is 48.4 Å². The average Bonchev–Trinajstić information content (AvgIpc) is 2.88. The number of carbonyl (C=O) groups is 1. The lowest BCUT2D eigenvalue weighted by atomic mass is 10.2. The lowest BCUT2D eigenvalue weighted by Gasteiger charge is -2.09. The Kier molecular flexibility index (Phi) is 11.4. The number of nitrogens with zero attached hydrogens (tertiary/aromatic N) is 4. The zero-order chi connectivity index (χ0) is 26.8. The summed E-state index contributed by atoms with van der Waals surface area (Å²) in [6.45, 7) is 2.12. The highest BCUT2D eigenvalue weighted by Gasteiger charge is 2.15. The number of hydrogen-bond acceptors (Lipinski definition) is 7. The van der Waals surface area contributed by atoms with Gasteiger partial charge in [0.2, 0.25) is 0 Å². The van der Waals surface area contributed by atoms with Crippen molar-refractivity contribution in [3.8, 4) is 22.8 Å². The van der Waals surface area contributed by atoms with Crippen LogP contribution in [0.4, 0.5) is 8.78 Å². The second-order valence-corrected chi connectivity index (χ2v) is 10.1. The molecule has 4 aromatic rings. The van der Waals surface area contributed by atoms with Crippen LogP contribution in [0.1, 0.15) is 13.3 Å². The molecule has 0 saturated carbocycles. The SMILES string of the molecule is CCOC(=O)CCSc1ccc(Cl)nc1-c1ncccc1F.Fc1cccnc1-c1nc(Cl)ccc1I. The van der Waals surface area contributed by atoms with Crippen LogP contribution in [0.15, 0.2) is 65.8 Å². The number of carbonyl (C=O) groups excluding carboxylic acids is 1. The fourth-order valence-electron chi connectivity index (χ4n) is 2.89. The van der Waals surface area contributed by atoms with Gasteiger partial charge < -0.3 is 4.74 Å². The van der Waals surface area contributed by atoms with E-state index >= 15 is 0 Å². The zero-order valence-electron chi connectivity index (χ0n) is 19.3. The maximum absolute atomic E-state index is 13.9. The molecular formula is C25H19Cl2F2IN4O2S. The molecule has 4 rings (SSSR count). The largest absolute Gasteiger partial charge is 0.466 e. The molecule has 4 aromatic heterocycles. The molecule has 0 aromatic carbocycles. The van der Waals surface area contributed by atoms with Gasteiger partial charge >= 0.3 is 5.97 Å². The second-order valence-electron chi connectivity index (χ2n) is 7.02. The second kappa shape index (κ2) is 14.5. The van der Waals surface area contributed by atoms with Gasteiger partial charge in [-0.2, -0.15) is 0 Å². The maximum Gasteiger partial charge on any atom is 0.306 e. The highest BCUT2D eigenvalue weighted by atomic mass is 127. The highest BCUT2D eigenvalue weighted by molar-refractivity contribution is 14.1. The van der Waals surface area contributed by atoms with Gasteiger partial charge in [0.15, 0.2) is 11.6 Å². The summed E-state index contributed by atoms with van der Waals surface area (Å²) >= 11 is 15.1. The van der Waals surface area contributed by atoms with Gasteiger partial charge in [0, 0.05) is 26.6 Å². The molecule has 0 atom stereocenters. The average molecular weight is 675 g/mol. The minimum atomic E-state index is -0.468. The molecule has 6 nitrogen and oxygen atoms in total. The first-order valence-corrected chi connectivity index (χ1v) is 13.6. The first kappa shape index (κ1) is 29.2. The lowest BCUT2D eigenvalue weighted by molar-refractivity contribution is -0.142. The summed E-state index contributed by atoms with van der Waals surface area (Å²) in [5.41, 5.74) is 1.22. The van der Waals surface area contributed by atoms with Crippen LogP contribution >= 0.6 is 57.6 Å². The molecule has 0 aliphatic rings. The van der Waals surface area contributed by atoms with E-state index in [1.54, 1.807) is 31.2 Å². The Bertz CT molecular complexity index is 1380. The van der Waals surface area contributed by atoms with Crippen LogP contribution in [0.2, 0.25) is 10.3 Å². The Balaban J connectivity index is 0.000000220. The molecule has 0 bridgehead atoms. The fraction of sp³-hybridized carbons (Fsp3) is 0.160. The Morgan fingerprint density at radius 2 is 1.46 bits per heavy atom. The van der Waals surface area contributed by atoms with Crippen molar-refractivity contribution in [2.75, 3.05) is 12.4 Å². The number of esters is 1. The van der Waals surface area contributed by atoms with Gasteiger partial charge in [-0.3, -0.25) is 14.8 Å². The molecular weight excluding hydrogens is 656 g/mol. The van der Waals surface area contributed by atoms with Crippen molar-refractivity contribution in [3.63, 3.8) is 0 Å². The van der Waals surface area contributed by atoms with Gasteiger partial charge in [-0.1, -0.05) is 23.2 Å². The summed E-state index contributed by atoms with van der Waals surface area (Å²) in [6.07, 6.45) is 3.29. The smallest absolute Gasteiger partial charge is 0.306 e. The predicted molar refractivity (Wildman–Crippen MR) is 150 cm³/mol. The molecule has 37 heavy (non-hydrogen) atoms. The fourth-order valence-corrected chi connectivity index (χ4v) is 4.67. The van der Waals surface area contributed by atoms with Crippen molar-refractivity contribution < 1.29 is 18.3 Å². The van der Waals surface area contributed by atoms with Crippen LogP contribution in [0.5, 0.6) is 0 Å². The Hall–Kier alpha value is -2.41. The van der Waals surface area contributed by atoms with E-state index in [1.807, 2.05) is 0 Å². The summed E-state index contributed by atoms with van der Waals surface area (Å²) in [5, 5.41) is 0.588. The molecule has 0 radical (unpaired) electrons. The summed E-state index contributed by atoms with van der Waals surface area (Å²) < 4.78 is 33.0. The monoisotopic (exact) mass is 674 g/mol. The normalized spacial score (nSPS) is 10.4. The van der Waals surface area contributed by atoms with E-state index < -0.39 is 11.6 Å². The summed E-state index contributed by atoms with van der Waals surface area (Å²) in [6, 6.07) is 12.5. The maximum atomic E-state index is 13.9. The topological polar surface area (TPSA) is 77.9 Å². The summed E-state index contributed by atoms with van der Waals surface area (Å²) in [7, 11) is 0. The lowest BCUT2D eigenvalue weighted by Crippen LogP contribution is -2.04. The van der Waals surface area contributed by atoms with Crippen molar-refractivity contribution in [1.82, 2.24) is 19.9 Å². The van der Waals surface area contributed by atoms with Crippen molar-refractivity contribution >= 4 is 63.5 Å². The molecule has 0 saturated heterocycles. The van der Waals surface area contributed by atoms with Crippen molar-refractivity contribution in [1.29, 1.82) is 0 Å². The Labute approximate surface area is 240 Å². The van der Waals surface area contributed by atoms with Gasteiger partial charge in [-0.25, -0.2) is 18.7 Å². The molecule has 0 aliphatic carbocycles. The van der Waals surface area contributed by atoms with Crippen LogP contribution in [-0.2, 0) is 9.53 Å². The predicted octanol–water partition coefficient (Wildman–Crippen LogP) is 7.52. The van der Waals surface area contributed by atoms with Gasteiger partial charge in [-0.15, -0.1) is 11.8 Å². The quantitative estimate of drug-likeness (QED) is 0.0869. The van der Waals surface area contributed by atoms with E-state index in [0.717, 1.165) is 3.57 Å². The van der Waals surface area contributed by atoms with Gasteiger partial charge in [0.05, 0.1) is 13.0 Å². The Morgan fingerprint density at radius 3 is 2.05 bits per heavy atom. The number of thioether (sulfide) groups is 1. The molecule has 0 N–H and O–H groups in total. The molecule has 4 heterocycles. The molecule has 0 aliphatic heterocycles.